The highest BCUT2D eigenvalue weighted by atomic mass is 35.5. The first-order valence-corrected chi connectivity index (χ1v) is 12.9. The standard InChI is InChI=1S/C25H29Cl2N5O3S/c1-29-9-11-30(12-10-29)13-14-31-21(16-23(33)28-18-5-3-17(26)4-6-18)24(34)32(25(31)36)19-7-8-22(35-2)20(27)15-19/h3-8,15,21H,9-14,16H2,1-2H3,(H,28,33). The number of likely N-dealkylation sites (N-methyl/N-ethyl adjacent to an activating group) is 1. The Balaban J connectivity index is 1.53. The summed E-state index contributed by atoms with van der Waals surface area (Å²) in [6, 6.07) is 11.2. The topological polar surface area (TPSA) is 68.4 Å². The van der Waals surface area contributed by atoms with Crippen molar-refractivity contribution in [1.82, 2.24) is 14.7 Å². The second-order valence-corrected chi connectivity index (χ2v) is 10.1. The molecule has 2 amide bonds. The molecule has 1 N–H and O–H groups in total. The largest absolute Gasteiger partial charge is 0.495 e. The van der Waals surface area contributed by atoms with Gasteiger partial charge in [0.05, 0.1) is 24.2 Å². The summed E-state index contributed by atoms with van der Waals surface area (Å²) in [6.07, 6.45) is -0.0370. The molecule has 4 rings (SSSR count). The van der Waals surface area contributed by atoms with Crippen LogP contribution in [0.4, 0.5) is 11.4 Å². The van der Waals surface area contributed by atoms with E-state index in [1.165, 1.54) is 12.0 Å². The number of thiocarbonyl (C=S) groups is 1. The number of carbonyl (C=O) groups excluding carboxylic acids is 2. The third kappa shape index (κ3) is 6.10. The molecule has 0 radical (unpaired) electrons. The SMILES string of the molecule is COc1ccc(N2C(=O)C(CC(=O)Nc3ccc(Cl)cc3)N(CCN3CCN(C)CC3)C2=S)cc1Cl. The van der Waals surface area contributed by atoms with Crippen LogP contribution in [-0.2, 0) is 9.59 Å². The minimum atomic E-state index is -0.724. The van der Waals surface area contributed by atoms with Crippen LogP contribution in [0.2, 0.25) is 10.0 Å². The lowest BCUT2D eigenvalue weighted by Crippen LogP contribution is -2.48. The number of hydrogen-bond donors (Lipinski definition) is 1. The molecular weight excluding hydrogens is 521 g/mol. The van der Waals surface area contributed by atoms with Crippen LogP contribution in [0.1, 0.15) is 6.42 Å². The molecule has 0 aliphatic carbocycles. The van der Waals surface area contributed by atoms with Gasteiger partial charge < -0.3 is 19.9 Å². The fourth-order valence-electron chi connectivity index (χ4n) is 4.36. The minimum Gasteiger partial charge on any atom is -0.495 e. The van der Waals surface area contributed by atoms with Crippen molar-refractivity contribution in [3.63, 3.8) is 0 Å². The van der Waals surface area contributed by atoms with E-state index in [0.29, 0.717) is 38.8 Å². The summed E-state index contributed by atoms with van der Waals surface area (Å²) in [5.41, 5.74) is 1.15. The first-order chi connectivity index (χ1) is 17.3. The van der Waals surface area contributed by atoms with E-state index in [9.17, 15) is 9.59 Å². The van der Waals surface area contributed by atoms with Crippen molar-refractivity contribution in [2.24, 2.45) is 0 Å². The first-order valence-electron chi connectivity index (χ1n) is 11.7. The van der Waals surface area contributed by atoms with Gasteiger partial charge in [0.25, 0.3) is 5.91 Å². The molecule has 0 spiro atoms. The number of rotatable bonds is 8. The van der Waals surface area contributed by atoms with Gasteiger partial charge in [0.15, 0.2) is 5.11 Å². The van der Waals surface area contributed by atoms with E-state index < -0.39 is 6.04 Å². The predicted molar refractivity (Wildman–Crippen MR) is 147 cm³/mol. The van der Waals surface area contributed by atoms with E-state index in [2.05, 4.69) is 22.2 Å². The van der Waals surface area contributed by atoms with Crippen molar-refractivity contribution in [1.29, 1.82) is 0 Å². The maximum atomic E-state index is 13.6. The van der Waals surface area contributed by atoms with Gasteiger partial charge in [-0.1, -0.05) is 23.2 Å². The molecule has 0 saturated carbocycles. The quantitative estimate of drug-likeness (QED) is 0.504. The Morgan fingerprint density at radius 3 is 2.42 bits per heavy atom. The average molecular weight is 551 g/mol. The average Bonchev–Trinajstić information content (AvgIpc) is 3.08. The van der Waals surface area contributed by atoms with Crippen molar-refractivity contribution in [2.75, 3.05) is 63.6 Å². The van der Waals surface area contributed by atoms with Crippen LogP contribution < -0.4 is 15.0 Å². The van der Waals surface area contributed by atoms with Gasteiger partial charge in [0.1, 0.15) is 11.8 Å². The number of nitrogens with one attached hydrogen (secondary N) is 1. The van der Waals surface area contributed by atoms with Crippen LogP contribution in [-0.4, -0.2) is 91.1 Å². The number of methoxy groups -OCH3 is 1. The normalized spacial score (nSPS) is 19.2. The number of benzene rings is 2. The second kappa shape index (κ2) is 11.7. The molecule has 8 nitrogen and oxygen atoms in total. The Hall–Kier alpha value is -2.43. The fourth-order valence-corrected chi connectivity index (χ4v) is 5.15. The molecule has 36 heavy (non-hydrogen) atoms. The van der Waals surface area contributed by atoms with Crippen molar-refractivity contribution in [3.8, 4) is 5.75 Å². The maximum absolute atomic E-state index is 13.6. The Morgan fingerprint density at radius 1 is 1.08 bits per heavy atom. The Labute approximate surface area is 226 Å². The monoisotopic (exact) mass is 549 g/mol. The van der Waals surface area contributed by atoms with Crippen LogP contribution >= 0.6 is 35.4 Å². The van der Waals surface area contributed by atoms with Crippen LogP contribution in [0, 0.1) is 0 Å². The summed E-state index contributed by atoms with van der Waals surface area (Å²) in [5, 5.41) is 4.16. The van der Waals surface area contributed by atoms with Gasteiger partial charge in [-0.3, -0.25) is 19.4 Å². The number of halogens is 2. The van der Waals surface area contributed by atoms with Crippen molar-refractivity contribution < 1.29 is 14.3 Å². The van der Waals surface area contributed by atoms with Gasteiger partial charge in [-0.2, -0.15) is 0 Å². The van der Waals surface area contributed by atoms with Crippen molar-refractivity contribution in [2.45, 2.75) is 12.5 Å². The molecule has 2 aromatic carbocycles. The van der Waals surface area contributed by atoms with Crippen LogP contribution in [0.5, 0.6) is 5.75 Å². The van der Waals surface area contributed by atoms with E-state index in [1.54, 1.807) is 42.5 Å². The maximum Gasteiger partial charge on any atom is 0.256 e. The Bertz CT molecular complexity index is 1130. The van der Waals surface area contributed by atoms with Gasteiger partial charge in [-0.25, -0.2) is 0 Å². The van der Waals surface area contributed by atoms with Gasteiger partial charge >= 0.3 is 0 Å². The number of hydrogen-bond acceptors (Lipinski definition) is 6. The van der Waals surface area contributed by atoms with E-state index in [-0.39, 0.29) is 18.2 Å². The summed E-state index contributed by atoms with van der Waals surface area (Å²) < 4.78 is 5.24. The molecule has 2 aliphatic rings. The molecule has 1 atom stereocenters. The minimum absolute atomic E-state index is 0.0370. The lowest BCUT2D eigenvalue weighted by molar-refractivity contribution is -0.124. The highest BCUT2D eigenvalue weighted by Crippen LogP contribution is 2.33. The third-order valence-corrected chi connectivity index (χ3v) is 7.44. The zero-order valence-corrected chi connectivity index (χ0v) is 22.6. The molecule has 192 valence electrons. The second-order valence-electron chi connectivity index (χ2n) is 8.89. The zero-order valence-electron chi connectivity index (χ0n) is 20.2. The van der Waals surface area contributed by atoms with E-state index in [0.717, 1.165) is 32.7 Å². The summed E-state index contributed by atoms with van der Waals surface area (Å²) in [4.78, 5) is 34.5. The Kier molecular flexibility index (Phi) is 8.69. The Morgan fingerprint density at radius 2 is 1.78 bits per heavy atom. The summed E-state index contributed by atoms with van der Waals surface area (Å²) in [5.74, 6) is -0.0349. The molecule has 2 heterocycles. The molecule has 2 saturated heterocycles. The molecule has 0 aromatic heterocycles. The van der Waals surface area contributed by atoms with Crippen LogP contribution in [0.25, 0.3) is 0 Å². The highest BCUT2D eigenvalue weighted by Gasteiger charge is 2.44. The van der Waals surface area contributed by atoms with Gasteiger partial charge in [0, 0.05) is 50.0 Å². The van der Waals surface area contributed by atoms with E-state index in [4.69, 9.17) is 40.2 Å². The molecule has 2 fully saturated rings. The fraction of sp³-hybridized carbons (Fsp3) is 0.400. The number of carbonyl (C=O) groups is 2. The van der Waals surface area contributed by atoms with Crippen LogP contribution in [0.15, 0.2) is 42.5 Å². The van der Waals surface area contributed by atoms with Gasteiger partial charge in [-0.15, -0.1) is 0 Å². The molecule has 0 bridgehead atoms. The molecular formula is C25H29Cl2N5O3S. The van der Waals surface area contributed by atoms with Gasteiger partial charge in [0.2, 0.25) is 5.91 Å². The van der Waals surface area contributed by atoms with Gasteiger partial charge in [-0.05, 0) is 61.7 Å². The number of amides is 2. The first kappa shape index (κ1) is 26.6. The molecule has 1 unspecified atom stereocenters. The summed E-state index contributed by atoms with van der Waals surface area (Å²) >= 11 is 18.0. The van der Waals surface area contributed by atoms with Crippen LogP contribution in [0.3, 0.4) is 0 Å². The van der Waals surface area contributed by atoms with E-state index in [1.807, 2.05) is 4.90 Å². The lowest BCUT2D eigenvalue weighted by Gasteiger charge is -2.34. The smallest absolute Gasteiger partial charge is 0.256 e. The highest BCUT2D eigenvalue weighted by molar-refractivity contribution is 7.80. The summed E-state index contributed by atoms with van der Waals surface area (Å²) in [7, 11) is 3.64. The van der Waals surface area contributed by atoms with Crippen molar-refractivity contribution >= 4 is 63.7 Å². The molecule has 11 heteroatoms. The zero-order chi connectivity index (χ0) is 25.8. The lowest BCUT2D eigenvalue weighted by atomic mass is 10.1. The number of piperazine rings is 1. The molecule has 2 aromatic rings. The van der Waals surface area contributed by atoms with Crippen molar-refractivity contribution in [3.05, 3.63) is 52.5 Å². The summed E-state index contributed by atoms with van der Waals surface area (Å²) in [6.45, 7) is 5.16. The number of anilines is 2. The number of ether oxygens (including phenoxy) is 1. The third-order valence-electron chi connectivity index (χ3n) is 6.47. The predicted octanol–water partition coefficient (Wildman–Crippen LogP) is 3.58. The number of nitrogens with zero attached hydrogens (tertiary/aromatic N) is 4. The molecule has 2 aliphatic heterocycles. The van der Waals surface area contributed by atoms with E-state index >= 15 is 0 Å².